The van der Waals surface area contributed by atoms with Gasteiger partial charge in [0.2, 0.25) is 0 Å². The van der Waals surface area contributed by atoms with E-state index in [9.17, 15) is 9.59 Å². The number of carbonyl (C=O) groups excluding carboxylic acids is 1. The van der Waals surface area contributed by atoms with Gasteiger partial charge in [0, 0.05) is 30.1 Å². The van der Waals surface area contributed by atoms with Gasteiger partial charge in [-0.05, 0) is 70.7 Å². The first kappa shape index (κ1) is 27.9. The maximum atomic E-state index is 14.2. The van der Waals surface area contributed by atoms with Gasteiger partial charge in [0.15, 0.2) is 10.9 Å². The molecule has 208 valence electrons. The lowest BCUT2D eigenvalue weighted by atomic mass is 10.0. The number of rotatable bonds is 8. The highest BCUT2D eigenvalue weighted by atomic mass is 79.9. The molecule has 5 aromatic rings. The van der Waals surface area contributed by atoms with Crippen molar-refractivity contribution in [2.45, 2.75) is 31.6 Å². The SMILES string of the molecule is COc1ccc(C(=O)CSc2nc3sc4c(c3c(=O)n2-c2ccc(C)cc2)CCN(Cc2ccccc2)C4)cc1Br. The highest BCUT2D eigenvalue weighted by Crippen LogP contribution is 2.35. The Bertz CT molecular complexity index is 1800. The van der Waals surface area contributed by atoms with Crippen molar-refractivity contribution < 1.29 is 9.53 Å². The van der Waals surface area contributed by atoms with Gasteiger partial charge in [0.1, 0.15) is 10.6 Å². The monoisotopic (exact) mass is 645 g/mol. The number of ether oxygens (including phenoxy) is 1. The topological polar surface area (TPSA) is 64.4 Å². The summed E-state index contributed by atoms with van der Waals surface area (Å²) in [4.78, 5) is 36.7. The third kappa shape index (κ3) is 5.77. The molecule has 0 atom stereocenters. The summed E-state index contributed by atoms with van der Waals surface area (Å²) in [5.41, 5.74) is 4.75. The van der Waals surface area contributed by atoms with Gasteiger partial charge in [-0.15, -0.1) is 11.3 Å². The Morgan fingerprint density at radius 3 is 2.61 bits per heavy atom. The third-order valence-corrected chi connectivity index (χ3v) is 9.94. The van der Waals surface area contributed by atoms with Crippen LogP contribution in [0.2, 0.25) is 0 Å². The van der Waals surface area contributed by atoms with Crippen LogP contribution in [0.3, 0.4) is 0 Å². The molecule has 2 aromatic heterocycles. The van der Waals surface area contributed by atoms with Gasteiger partial charge in [-0.25, -0.2) is 4.98 Å². The quantitative estimate of drug-likeness (QED) is 0.102. The van der Waals surface area contributed by atoms with E-state index < -0.39 is 0 Å². The summed E-state index contributed by atoms with van der Waals surface area (Å²) < 4.78 is 7.69. The minimum absolute atomic E-state index is 0.0508. The molecule has 0 amide bonds. The zero-order chi connectivity index (χ0) is 28.5. The van der Waals surface area contributed by atoms with Crippen LogP contribution in [0.25, 0.3) is 15.9 Å². The Kier molecular flexibility index (Phi) is 8.12. The number of nitrogens with zero attached hydrogens (tertiary/aromatic N) is 3. The van der Waals surface area contributed by atoms with Crippen LogP contribution in [0.5, 0.6) is 5.75 Å². The Hall–Kier alpha value is -3.24. The zero-order valence-corrected chi connectivity index (χ0v) is 25.9. The lowest BCUT2D eigenvalue weighted by molar-refractivity contribution is 0.102. The summed E-state index contributed by atoms with van der Waals surface area (Å²) in [6, 6.07) is 23.6. The van der Waals surface area contributed by atoms with E-state index in [0.717, 1.165) is 52.2 Å². The number of aromatic nitrogens is 2. The van der Waals surface area contributed by atoms with Crippen LogP contribution in [0.1, 0.15) is 31.9 Å². The van der Waals surface area contributed by atoms with E-state index in [-0.39, 0.29) is 17.1 Å². The predicted molar refractivity (Wildman–Crippen MR) is 170 cm³/mol. The van der Waals surface area contributed by atoms with Crippen molar-refractivity contribution in [1.29, 1.82) is 0 Å². The van der Waals surface area contributed by atoms with E-state index in [1.807, 2.05) is 37.3 Å². The lowest BCUT2D eigenvalue weighted by Crippen LogP contribution is -2.30. The summed E-state index contributed by atoms with van der Waals surface area (Å²) in [7, 11) is 1.59. The summed E-state index contributed by atoms with van der Waals surface area (Å²) in [6.07, 6.45) is 0.810. The van der Waals surface area contributed by atoms with Crippen LogP contribution in [0.4, 0.5) is 0 Å². The number of carbonyl (C=O) groups is 1. The Balaban J connectivity index is 1.35. The second-order valence-electron chi connectivity index (χ2n) is 10.1. The summed E-state index contributed by atoms with van der Waals surface area (Å²) >= 11 is 6.36. The average molecular weight is 647 g/mol. The van der Waals surface area contributed by atoms with Gasteiger partial charge in [-0.1, -0.05) is 59.8 Å². The summed E-state index contributed by atoms with van der Waals surface area (Å²) in [6.45, 7) is 4.58. The number of benzene rings is 3. The molecule has 0 spiro atoms. The standard InChI is InChI=1S/C32H28BrN3O3S2/c1-20-8-11-23(12-9-20)36-31(38)29-24-14-15-35(17-21-6-4-3-5-7-21)18-28(24)41-30(29)34-32(36)40-19-26(37)22-10-13-27(39-2)25(33)16-22/h3-13,16H,14-15,17-19H2,1-2H3. The van der Waals surface area contributed by atoms with Crippen molar-refractivity contribution in [1.82, 2.24) is 14.5 Å². The van der Waals surface area contributed by atoms with Crippen molar-refractivity contribution in [2.75, 3.05) is 19.4 Å². The fourth-order valence-electron chi connectivity index (χ4n) is 5.13. The number of ketones is 1. The second-order valence-corrected chi connectivity index (χ2v) is 12.9. The number of fused-ring (bicyclic) bond motifs is 3. The molecule has 3 heterocycles. The molecule has 0 fully saturated rings. The third-order valence-electron chi connectivity index (χ3n) is 7.27. The van der Waals surface area contributed by atoms with Crippen LogP contribution in [0.15, 0.2) is 87.2 Å². The molecule has 6 rings (SSSR count). The van der Waals surface area contributed by atoms with Gasteiger partial charge >= 0.3 is 0 Å². The maximum Gasteiger partial charge on any atom is 0.267 e. The number of Topliss-reactive ketones (excluding diaryl/α,β-unsaturated/α-hetero) is 1. The molecular weight excluding hydrogens is 618 g/mol. The van der Waals surface area contributed by atoms with Crippen molar-refractivity contribution in [2.24, 2.45) is 0 Å². The molecule has 41 heavy (non-hydrogen) atoms. The van der Waals surface area contributed by atoms with Crippen molar-refractivity contribution in [3.8, 4) is 11.4 Å². The smallest absolute Gasteiger partial charge is 0.267 e. The Morgan fingerprint density at radius 1 is 1.10 bits per heavy atom. The van der Waals surface area contributed by atoms with E-state index in [2.05, 4.69) is 45.1 Å². The van der Waals surface area contributed by atoms with Crippen LogP contribution in [0, 0.1) is 6.92 Å². The first-order valence-electron chi connectivity index (χ1n) is 13.3. The molecule has 0 radical (unpaired) electrons. The van der Waals surface area contributed by atoms with Gasteiger partial charge in [-0.3, -0.25) is 19.1 Å². The first-order chi connectivity index (χ1) is 19.9. The van der Waals surface area contributed by atoms with Crippen LogP contribution in [-0.2, 0) is 19.5 Å². The van der Waals surface area contributed by atoms with Crippen molar-refractivity contribution in [3.05, 3.63) is 115 Å². The molecule has 0 bridgehead atoms. The van der Waals surface area contributed by atoms with Crippen molar-refractivity contribution >= 4 is 55.0 Å². The fraction of sp³-hybridized carbons (Fsp3) is 0.219. The van der Waals surface area contributed by atoms with E-state index in [0.29, 0.717) is 21.9 Å². The highest BCUT2D eigenvalue weighted by molar-refractivity contribution is 9.10. The molecule has 1 aliphatic heterocycles. The normalized spacial score (nSPS) is 13.3. The lowest BCUT2D eigenvalue weighted by Gasteiger charge is -2.26. The number of thiophene rings is 1. The zero-order valence-electron chi connectivity index (χ0n) is 22.7. The number of halogens is 1. The Labute approximate surface area is 255 Å². The Morgan fingerprint density at radius 2 is 1.88 bits per heavy atom. The molecular formula is C32H28BrN3O3S2. The maximum absolute atomic E-state index is 14.2. The van der Waals surface area contributed by atoms with Crippen LogP contribution >= 0.6 is 39.0 Å². The van der Waals surface area contributed by atoms with Gasteiger partial charge in [-0.2, -0.15) is 0 Å². The minimum atomic E-state index is -0.0741. The second kappa shape index (κ2) is 11.9. The molecule has 0 saturated heterocycles. The van der Waals surface area contributed by atoms with E-state index in [4.69, 9.17) is 9.72 Å². The largest absolute Gasteiger partial charge is 0.496 e. The number of thioether (sulfide) groups is 1. The number of methoxy groups -OCH3 is 1. The molecule has 0 saturated carbocycles. The summed E-state index contributed by atoms with van der Waals surface area (Å²) in [5.74, 6) is 0.766. The van der Waals surface area contributed by atoms with E-state index in [1.165, 1.54) is 22.2 Å². The van der Waals surface area contributed by atoms with Crippen LogP contribution < -0.4 is 10.3 Å². The minimum Gasteiger partial charge on any atom is -0.496 e. The van der Waals surface area contributed by atoms with Gasteiger partial charge in [0.05, 0.1) is 28.4 Å². The van der Waals surface area contributed by atoms with Crippen LogP contribution in [-0.4, -0.2) is 39.6 Å². The van der Waals surface area contributed by atoms with Gasteiger partial charge < -0.3 is 4.74 Å². The number of hydrogen-bond acceptors (Lipinski definition) is 7. The first-order valence-corrected chi connectivity index (χ1v) is 15.9. The average Bonchev–Trinajstić information content (AvgIpc) is 3.35. The van der Waals surface area contributed by atoms with E-state index >= 15 is 0 Å². The van der Waals surface area contributed by atoms with Gasteiger partial charge in [0.25, 0.3) is 5.56 Å². The molecule has 9 heteroatoms. The summed E-state index contributed by atoms with van der Waals surface area (Å²) in [5, 5.41) is 1.23. The van der Waals surface area contributed by atoms with Crippen molar-refractivity contribution in [3.63, 3.8) is 0 Å². The molecule has 0 unspecified atom stereocenters. The predicted octanol–water partition coefficient (Wildman–Crippen LogP) is 7.06. The highest BCUT2D eigenvalue weighted by Gasteiger charge is 2.26. The molecule has 1 aliphatic rings. The number of aryl methyl sites for hydroxylation is 1. The molecule has 0 aliphatic carbocycles. The van der Waals surface area contributed by atoms with E-state index in [1.54, 1.807) is 41.2 Å². The number of hydrogen-bond donors (Lipinski definition) is 0. The molecule has 6 nitrogen and oxygen atoms in total. The fourth-order valence-corrected chi connectivity index (χ4v) is 7.88. The molecule has 3 aromatic carbocycles. The molecule has 0 N–H and O–H groups in total.